The summed E-state index contributed by atoms with van der Waals surface area (Å²) in [6, 6.07) is 5.15. The van der Waals surface area contributed by atoms with Crippen LogP contribution in [0.5, 0.6) is 0 Å². The summed E-state index contributed by atoms with van der Waals surface area (Å²) in [6.07, 6.45) is 1.93. The van der Waals surface area contributed by atoms with Crippen molar-refractivity contribution in [1.82, 2.24) is 0 Å². The van der Waals surface area contributed by atoms with Crippen LogP contribution in [0.25, 0.3) is 0 Å². The minimum absolute atomic E-state index is 0.139. The summed E-state index contributed by atoms with van der Waals surface area (Å²) in [6.45, 7) is 2.34. The van der Waals surface area contributed by atoms with E-state index in [1.165, 1.54) is 6.07 Å². The second kappa shape index (κ2) is 3.33. The van der Waals surface area contributed by atoms with Gasteiger partial charge in [-0.1, -0.05) is 12.1 Å². The lowest BCUT2D eigenvalue weighted by atomic mass is 9.92. The van der Waals surface area contributed by atoms with Crippen LogP contribution in [-0.4, -0.2) is 6.61 Å². The van der Waals surface area contributed by atoms with Gasteiger partial charge < -0.3 is 4.84 Å². The minimum Gasteiger partial charge on any atom is -0.304 e. The highest BCUT2D eigenvalue weighted by molar-refractivity contribution is 5.39. The van der Waals surface area contributed by atoms with Crippen LogP contribution in [0, 0.1) is 12.7 Å². The molecule has 0 amide bonds. The van der Waals surface area contributed by atoms with Gasteiger partial charge in [-0.15, -0.1) is 0 Å². The van der Waals surface area contributed by atoms with Crippen LogP contribution in [0.1, 0.15) is 24.0 Å². The Morgan fingerprint density at radius 1 is 1.50 bits per heavy atom. The Morgan fingerprint density at radius 2 is 2.21 bits per heavy atom. The lowest BCUT2D eigenvalue weighted by Crippen LogP contribution is -2.20. The van der Waals surface area contributed by atoms with Gasteiger partial charge in [-0.3, -0.25) is 0 Å². The quantitative estimate of drug-likeness (QED) is 0.749. The normalized spacial score (nSPS) is 18.2. The smallest absolute Gasteiger partial charge is 0.127 e. The van der Waals surface area contributed by atoms with E-state index in [2.05, 4.69) is 4.84 Å². The van der Waals surface area contributed by atoms with Crippen molar-refractivity contribution < 1.29 is 9.23 Å². The summed E-state index contributed by atoms with van der Waals surface area (Å²) in [5, 5.41) is 0. The molecule has 1 fully saturated rings. The van der Waals surface area contributed by atoms with E-state index >= 15 is 0 Å². The molecule has 0 spiro atoms. The molecule has 0 saturated heterocycles. The highest BCUT2D eigenvalue weighted by Gasteiger charge is 2.47. The molecule has 2 N–H and O–H groups in total. The molecule has 3 heteroatoms. The van der Waals surface area contributed by atoms with Gasteiger partial charge in [0.1, 0.15) is 5.82 Å². The lowest BCUT2D eigenvalue weighted by Gasteiger charge is -2.17. The van der Waals surface area contributed by atoms with Crippen molar-refractivity contribution in [2.24, 2.45) is 5.90 Å². The molecule has 14 heavy (non-hydrogen) atoms. The average molecular weight is 195 g/mol. The van der Waals surface area contributed by atoms with Crippen molar-refractivity contribution in [2.45, 2.75) is 25.2 Å². The van der Waals surface area contributed by atoms with Crippen LogP contribution < -0.4 is 5.90 Å². The van der Waals surface area contributed by atoms with Gasteiger partial charge >= 0.3 is 0 Å². The van der Waals surface area contributed by atoms with Crippen molar-refractivity contribution in [1.29, 1.82) is 0 Å². The largest absolute Gasteiger partial charge is 0.304 e. The fourth-order valence-electron chi connectivity index (χ4n) is 2.08. The molecule has 1 aromatic rings. The van der Waals surface area contributed by atoms with Crippen molar-refractivity contribution >= 4 is 0 Å². The van der Waals surface area contributed by atoms with E-state index in [1.54, 1.807) is 6.07 Å². The molecular weight excluding hydrogens is 181 g/mol. The Balaban J connectivity index is 2.40. The summed E-state index contributed by atoms with van der Waals surface area (Å²) in [5.74, 6) is 4.93. The number of nitrogens with two attached hydrogens (primary N) is 1. The monoisotopic (exact) mass is 195 g/mol. The molecule has 0 aliphatic heterocycles. The first kappa shape index (κ1) is 9.62. The molecule has 0 unspecified atom stereocenters. The first-order chi connectivity index (χ1) is 6.69. The van der Waals surface area contributed by atoms with Crippen LogP contribution >= 0.6 is 0 Å². The highest BCUT2D eigenvalue weighted by atomic mass is 19.1. The zero-order valence-corrected chi connectivity index (χ0v) is 8.22. The second-order valence-electron chi connectivity index (χ2n) is 4.02. The Morgan fingerprint density at radius 3 is 2.71 bits per heavy atom. The minimum atomic E-state index is -0.149. The van der Waals surface area contributed by atoms with Crippen molar-refractivity contribution in [3.05, 3.63) is 35.1 Å². The van der Waals surface area contributed by atoms with Crippen LogP contribution in [0.3, 0.4) is 0 Å². The predicted octanol–water partition coefficient (Wildman–Crippen LogP) is 2.06. The number of hydrogen-bond donors (Lipinski definition) is 1. The zero-order chi connectivity index (χ0) is 10.2. The van der Waals surface area contributed by atoms with Crippen molar-refractivity contribution in [2.75, 3.05) is 6.61 Å². The molecule has 1 aliphatic rings. The number of halogens is 1. The third-order valence-electron chi connectivity index (χ3n) is 2.97. The van der Waals surface area contributed by atoms with E-state index < -0.39 is 0 Å². The van der Waals surface area contributed by atoms with E-state index in [9.17, 15) is 4.39 Å². The number of benzene rings is 1. The zero-order valence-electron chi connectivity index (χ0n) is 8.22. The molecule has 0 bridgehead atoms. The first-order valence-corrected chi connectivity index (χ1v) is 4.77. The van der Waals surface area contributed by atoms with E-state index in [1.807, 2.05) is 13.0 Å². The number of aryl methyl sites for hydroxylation is 1. The fourth-order valence-corrected chi connectivity index (χ4v) is 2.08. The average Bonchev–Trinajstić information content (AvgIpc) is 2.86. The SMILES string of the molecule is Cc1cccc(F)c1C1(CON)CC1. The Kier molecular flexibility index (Phi) is 2.29. The van der Waals surface area contributed by atoms with Gasteiger partial charge in [0.05, 0.1) is 6.61 Å². The molecule has 0 atom stereocenters. The Labute approximate surface area is 82.8 Å². The Bertz CT molecular complexity index is 327. The molecule has 0 heterocycles. The highest BCUT2D eigenvalue weighted by Crippen LogP contribution is 2.50. The summed E-state index contributed by atoms with van der Waals surface area (Å²) >= 11 is 0. The fraction of sp³-hybridized carbons (Fsp3) is 0.455. The third kappa shape index (κ3) is 1.42. The second-order valence-corrected chi connectivity index (χ2v) is 4.02. The number of rotatable bonds is 3. The van der Waals surface area contributed by atoms with E-state index in [0.717, 1.165) is 24.0 Å². The van der Waals surface area contributed by atoms with Gasteiger partial charge in [-0.25, -0.2) is 10.3 Å². The topological polar surface area (TPSA) is 35.2 Å². The molecule has 1 aromatic carbocycles. The molecule has 1 aliphatic carbocycles. The van der Waals surface area contributed by atoms with Crippen molar-refractivity contribution in [3.8, 4) is 0 Å². The van der Waals surface area contributed by atoms with E-state index in [-0.39, 0.29) is 11.2 Å². The van der Waals surface area contributed by atoms with Gasteiger partial charge in [0.15, 0.2) is 0 Å². The molecular formula is C11H14FNO. The molecule has 0 aromatic heterocycles. The maximum absolute atomic E-state index is 13.6. The Hall–Kier alpha value is -0.930. The summed E-state index contributed by atoms with van der Waals surface area (Å²) < 4.78 is 13.6. The van der Waals surface area contributed by atoms with E-state index in [0.29, 0.717) is 6.61 Å². The predicted molar refractivity (Wildman–Crippen MR) is 52.2 cm³/mol. The lowest BCUT2D eigenvalue weighted by molar-refractivity contribution is 0.115. The third-order valence-corrected chi connectivity index (χ3v) is 2.97. The molecule has 76 valence electrons. The van der Waals surface area contributed by atoms with Gasteiger partial charge in [0, 0.05) is 5.41 Å². The van der Waals surface area contributed by atoms with E-state index in [4.69, 9.17) is 5.90 Å². The number of hydrogen-bond acceptors (Lipinski definition) is 2. The molecule has 0 radical (unpaired) electrons. The maximum Gasteiger partial charge on any atom is 0.127 e. The van der Waals surface area contributed by atoms with Crippen LogP contribution in [0.2, 0.25) is 0 Å². The molecule has 1 saturated carbocycles. The van der Waals surface area contributed by atoms with Gasteiger partial charge in [-0.05, 0) is 37.0 Å². The molecule has 2 nitrogen and oxygen atoms in total. The van der Waals surface area contributed by atoms with Crippen LogP contribution in [0.4, 0.5) is 4.39 Å². The first-order valence-electron chi connectivity index (χ1n) is 4.77. The van der Waals surface area contributed by atoms with Crippen LogP contribution in [-0.2, 0) is 10.3 Å². The van der Waals surface area contributed by atoms with Crippen LogP contribution in [0.15, 0.2) is 18.2 Å². The van der Waals surface area contributed by atoms with Gasteiger partial charge in [0.2, 0.25) is 0 Å². The summed E-state index contributed by atoms with van der Waals surface area (Å²) in [5.41, 5.74) is 1.62. The molecule has 2 rings (SSSR count). The summed E-state index contributed by atoms with van der Waals surface area (Å²) in [7, 11) is 0. The standard InChI is InChI=1S/C11H14FNO/c1-8-3-2-4-9(12)10(8)11(5-6-11)7-14-13/h2-4H,5-7,13H2,1H3. The van der Waals surface area contributed by atoms with Gasteiger partial charge in [-0.2, -0.15) is 0 Å². The van der Waals surface area contributed by atoms with Crippen molar-refractivity contribution in [3.63, 3.8) is 0 Å². The van der Waals surface area contributed by atoms with Gasteiger partial charge in [0.25, 0.3) is 0 Å². The summed E-state index contributed by atoms with van der Waals surface area (Å²) in [4.78, 5) is 4.67. The maximum atomic E-state index is 13.6.